The predicted molar refractivity (Wildman–Crippen MR) is 113 cm³/mol. The zero-order chi connectivity index (χ0) is 20.1. The second-order valence-corrected chi connectivity index (χ2v) is 8.37. The second-order valence-electron chi connectivity index (χ2n) is 8.37. The fourth-order valence-electron chi connectivity index (χ4n) is 5.06. The van der Waals surface area contributed by atoms with Gasteiger partial charge in [-0.05, 0) is 61.1 Å². The minimum atomic E-state index is 0.114. The largest absolute Gasteiger partial charge is 0.338 e. The molecule has 1 amide bonds. The van der Waals surface area contributed by atoms with Gasteiger partial charge in [0, 0.05) is 42.1 Å². The number of rotatable bonds is 3. The standard InChI is InChI=1S/C23H22N6O/c30-23(28-12-17-2-1-3-18(17)13-28)19-10-16-8-9-29(22(16)24-11-19)20-6-4-15(5-7-20)21-25-14-26-27-21/h4-11,14,17-18H,1-3,12-13H2,(H,25,26,27). The fourth-order valence-corrected chi connectivity index (χ4v) is 5.06. The van der Waals surface area contributed by atoms with E-state index in [0.717, 1.165) is 41.2 Å². The van der Waals surface area contributed by atoms with Crippen molar-refractivity contribution >= 4 is 16.9 Å². The van der Waals surface area contributed by atoms with Crippen molar-refractivity contribution in [3.63, 3.8) is 0 Å². The average Bonchev–Trinajstić information content (AvgIpc) is 3.56. The van der Waals surface area contributed by atoms with Crippen molar-refractivity contribution in [3.05, 3.63) is 60.7 Å². The van der Waals surface area contributed by atoms with Crippen LogP contribution in [0.4, 0.5) is 0 Å². The van der Waals surface area contributed by atoms with Gasteiger partial charge in [-0.2, -0.15) is 0 Å². The fraction of sp³-hybridized carbons (Fsp3) is 0.304. The monoisotopic (exact) mass is 398 g/mol. The number of nitrogens with one attached hydrogen (secondary N) is 1. The van der Waals surface area contributed by atoms with Crippen molar-refractivity contribution in [2.24, 2.45) is 11.8 Å². The van der Waals surface area contributed by atoms with E-state index >= 15 is 0 Å². The second kappa shape index (κ2) is 6.79. The van der Waals surface area contributed by atoms with Crippen LogP contribution in [0.1, 0.15) is 29.6 Å². The Kier molecular flexibility index (Phi) is 3.94. The first-order valence-electron chi connectivity index (χ1n) is 10.5. The van der Waals surface area contributed by atoms with E-state index < -0.39 is 0 Å². The molecular weight excluding hydrogens is 376 g/mol. The van der Waals surface area contributed by atoms with Crippen LogP contribution in [-0.4, -0.2) is 48.6 Å². The van der Waals surface area contributed by atoms with E-state index in [0.29, 0.717) is 17.4 Å². The first-order valence-corrected chi connectivity index (χ1v) is 10.5. The number of benzene rings is 1. The SMILES string of the molecule is O=C(c1cnc2c(ccn2-c2ccc(-c3nnc[nH]3)cc2)c1)N1CC2CCCC2C1. The van der Waals surface area contributed by atoms with Crippen LogP contribution >= 0.6 is 0 Å². The lowest BCUT2D eigenvalue weighted by Crippen LogP contribution is -2.29. The number of pyridine rings is 1. The van der Waals surface area contributed by atoms with Gasteiger partial charge in [0.05, 0.1) is 5.56 Å². The highest BCUT2D eigenvalue weighted by molar-refractivity contribution is 5.97. The van der Waals surface area contributed by atoms with Crippen LogP contribution in [0.15, 0.2) is 55.1 Å². The van der Waals surface area contributed by atoms with E-state index in [1.807, 2.05) is 52.1 Å². The summed E-state index contributed by atoms with van der Waals surface area (Å²) in [5, 5.41) is 8.84. The van der Waals surface area contributed by atoms with Crippen LogP contribution in [0, 0.1) is 11.8 Å². The third-order valence-corrected chi connectivity index (χ3v) is 6.62. The summed E-state index contributed by atoms with van der Waals surface area (Å²) in [4.78, 5) is 22.7. The molecule has 1 saturated carbocycles. The van der Waals surface area contributed by atoms with E-state index in [9.17, 15) is 4.79 Å². The van der Waals surface area contributed by atoms with E-state index in [1.165, 1.54) is 19.3 Å². The number of fused-ring (bicyclic) bond motifs is 2. The van der Waals surface area contributed by atoms with Gasteiger partial charge in [0.15, 0.2) is 5.82 Å². The van der Waals surface area contributed by atoms with Gasteiger partial charge in [-0.25, -0.2) is 4.98 Å². The van der Waals surface area contributed by atoms with Gasteiger partial charge in [-0.3, -0.25) is 4.79 Å². The molecule has 0 radical (unpaired) electrons. The Morgan fingerprint density at radius 3 is 2.60 bits per heavy atom. The van der Waals surface area contributed by atoms with Gasteiger partial charge < -0.3 is 14.5 Å². The highest BCUT2D eigenvalue weighted by Gasteiger charge is 2.38. The van der Waals surface area contributed by atoms with Crippen LogP contribution in [-0.2, 0) is 0 Å². The zero-order valence-corrected chi connectivity index (χ0v) is 16.5. The number of hydrogen-bond donors (Lipinski definition) is 1. The third-order valence-electron chi connectivity index (χ3n) is 6.62. The summed E-state index contributed by atoms with van der Waals surface area (Å²) in [5.74, 6) is 2.26. The number of likely N-dealkylation sites (tertiary alicyclic amines) is 1. The van der Waals surface area contributed by atoms with Crippen molar-refractivity contribution in [1.29, 1.82) is 0 Å². The smallest absolute Gasteiger partial charge is 0.255 e. The molecule has 1 aliphatic carbocycles. The predicted octanol–water partition coefficient (Wildman–Crippen LogP) is 3.68. The highest BCUT2D eigenvalue weighted by atomic mass is 16.2. The molecule has 1 aromatic carbocycles. The maximum Gasteiger partial charge on any atom is 0.255 e. The molecule has 1 saturated heterocycles. The summed E-state index contributed by atoms with van der Waals surface area (Å²) in [5.41, 5.74) is 3.51. The van der Waals surface area contributed by atoms with Crippen molar-refractivity contribution in [3.8, 4) is 17.1 Å². The number of H-pyrrole nitrogens is 1. The topological polar surface area (TPSA) is 79.7 Å². The molecule has 1 aliphatic heterocycles. The Bertz CT molecular complexity index is 1200. The molecule has 3 aromatic heterocycles. The molecule has 7 nitrogen and oxygen atoms in total. The minimum Gasteiger partial charge on any atom is -0.338 e. The third kappa shape index (κ3) is 2.81. The summed E-state index contributed by atoms with van der Waals surface area (Å²) in [6, 6.07) is 12.1. The summed E-state index contributed by atoms with van der Waals surface area (Å²) in [7, 11) is 0. The number of aromatic nitrogens is 5. The maximum atomic E-state index is 13.0. The number of carbonyl (C=O) groups is 1. The number of hydrogen-bond acceptors (Lipinski definition) is 4. The Balaban J connectivity index is 1.27. The van der Waals surface area contributed by atoms with Crippen molar-refractivity contribution in [1.82, 2.24) is 29.6 Å². The minimum absolute atomic E-state index is 0.114. The lowest BCUT2D eigenvalue weighted by molar-refractivity contribution is 0.0780. The lowest BCUT2D eigenvalue weighted by Gasteiger charge is -2.17. The van der Waals surface area contributed by atoms with Gasteiger partial charge in [0.25, 0.3) is 5.91 Å². The quantitative estimate of drug-likeness (QED) is 0.571. The number of amides is 1. The highest BCUT2D eigenvalue weighted by Crippen LogP contribution is 2.38. The Morgan fingerprint density at radius 1 is 1.07 bits per heavy atom. The van der Waals surface area contributed by atoms with Crippen molar-refractivity contribution in [2.45, 2.75) is 19.3 Å². The first-order chi connectivity index (χ1) is 14.8. The lowest BCUT2D eigenvalue weighted by atomic mass is 10.0. The van der Waals surface area contributed by atoms with Crippen LogP contribution in [0.5, 0.6) is 0 Å². The molecule has 4 heterocycles. The Labute approximate surface area is 173 Å². The molecule has 4 aromatic rings. The summed E-state index contributed by atoms with van der Waals surface area (Å²) >= 11 is 0. The number of aromatic amines is 1. The van der Waals surface area contributed by atoms with E-state index in [2.05, 4.69) is 20.2 Å². The van der Waals surface area contributed by atoms with Gasteiger partial charge in [-0.1, -0.05) is 6.42 Å². The normalized spacial score (nSPS) is 20.7. The molecule has 30 heavy (non-hydrogen) atoms. The summed E-state index contributed by atoms with van der Waals surface area (Å²) in [6.45, 7) is 1.81. The summed E-state index contributed by atoms with van der Waals surface area (Å²) < 4.78 is 2.04. The molecule has 2 aliphatic rings. The molecular formula is C23H22N6O. The average molecular weight is 398 g/mol. The van der Waals surface area contributed by atoms with E-state index in [-0.39, 0.29) is 5.91 Å². The Morgan fingerprint density at radius 2 is 1.87 bits per heavy atom. The molecule has 2 unspecified atom stereocenters. The van der Waals surface area contributed by atoms with Gasteiger partial charge in [0.1, 0.15) is 12.0 Å². The Hall–Kier alpha value is -3.48. The van der Waals surface area contributed by atoms with E-state index in [4.69, 9.17) is 0 Å². The first kappa shape index (κ1) is 17.4. The van der Waals surface area contributed by atoms with Crippen molar-refractivity contribution < 1.29 is 4.79 Å². The number of carbonyl (C=O) groups excluding carboxylic acids is 1. The molecule has 0 bridgehead atoms. The van der Waals surface area contributed by atoms with Gasteiger partial charge >= 0.3 is 0 Å². The van der Waals surface area contributed by atoms with Crippen LogP contribution in [0.25, 0.3) is 28.1 Å². The van der Waals surface area contributed by atoms with E-state index in [1.54, 1.807) is 12.5 Å². The molecule has 150 valence electrons. The van der Waals surface area contributed by atoms with Crippen LogP contribution in [0.3, 0.4) is 0 Å². The molecule has 2 fully saturated rings. The maximum absolute atomic E-state index is 13.0. The van der Waals surface area contributed by atoms with Crippen LogP contribution < -0.4 is 0 Å². The molecule has 0 spiro atoms. The van der Waals surface area contributed by atoms with Crippen molar-refractivity contribution in [2.75, 3.05) is 13.1 Å². The number of nitrogens with zero attached hydrogens (tertiary/aromatic N) is 5. The molecule has 7 heteroatoms. The molecule has 1 N–H and O–H groups in total. The molecule has 6 rings (SSSR count). The van der Waals surface area contributed by atoms with Gasteiger partial charge in [0.2, 0.25) is 0 Å². The zero-order valence-electron chi connectivity index (χ0n) is 16.5. The molecule has 2 atom stereocenters. The van der Waals surface area contributed by atoms with Gasteiger partial charge in [-0.15, -0.1) is 10.2 Å². The summed E-state index contributed by atoms with van der Waals surface area (Å²) in [6.07, 6.45) is 9.14. The van der Waals surface area contributed by atoms with Crippen LogP contribution in [0.2, 0.25) is 0 Å².